The van der Waals surface area contributed by atoms with E-state index in [9.17, 15) is 4.79 Å². The third-order valence-corrected chi connectivity index (χ3v) is 3.84. The molecule has 1 N–H and O–H groups in total. The predicted octanol–water partition coefficient (Wildman–Crippen LogP) is 0.0376. The number of amides is 2. The molecule has 0 spiro atoms. The van der Waals surface area contributed by atoms with E-state index in [4.69, 9.17) is 0 Å². The van der Waals surface area contributed by atoms with Gasteiger partial charge in [-0.1, -0.05) is 0 Å². The molecular formula is C12H24N4O. The fraction of sp³-hybridized carbons (Fsp3) is 0.917. The van der Waals surface area contributed by atoms with Gasteiger partial charge in [-0.05, 0) is 40.0 Å². The molecule has 2 fully saturated rings. The van der Waals surface area contributed by atoms with Gasteiger partial charge in [-0.15, -0.1) is 0 Å². The molecular weight excluding hydrogens is 216 g/mol. The van der Waals surface area contributed by atoms with E-state index < -0.39 is 0 Å². The van der Waals surface area contributed by atoms with E-state index in [-0.39, 0.29) is 6.03 Å². The lowest BCUT2D eigenvalue weighted by atomic mass is 10.1. The third-order valence-electron chi connectivity index (χ3n) is 3.84. The number of piperazine rings is 1. The van der Waals surface area contributed by atoms with Crippen molar-refractivity contribution in [1.82, 2.24) is 20.0 Å². The average Bonchev–Trinajstić information content (AvgIpc) is 2.33. The van der Waals surface area contributed by atoms with Crippen molar-refractivity contribution in [2.24, 2.45) is 0 Å². The Balaban J connectivity index is 1.73. The summed E-state index contributed by atoms with van der Waals surface area (Å²) in [4.78, 5) is 18.6. The normalized spacial score (nSPS) is 24.9. The van der Waals surface area contributed by atoms with Crippen molar-refractivity contribution in [2.75, 3.05) is 53.4 Å². The molecule has 5 nitrogen and oxygen atoms in total. The van der Waals surface area contributed by atoms with Crippen LogP contribution in [0.4, 0.5) is 4.79 Å². The van der Waals surface area contributed by atoms with Gasteiger partial charge in [0.1, 0.15) is 0 Å². The third kappa shape index (κ3) is 3.57. The smallest absolute Gasteiger partial charge is 0.317 e. The van der Waals surface area contributed by atoms with E-state index in [1.54, 1.807) is 0 Å². The number of rotatable bonds is 1. The Morgan fingerprint density at radius 2 is 1.47 bits per heavy atom. The molecule has 2 saturated heterocycles. The predicted molar refractivity (Wildman–Crippen MR) is 68.1 cm³/mol. The van der Waals surface area contributed by atoms with Crippen LogP contribution in [0.1, 0.15) is 12.8 Å². The Hall–Kier alpha value is -0.810. The van der Waals surface area contributed by atoms with Gasteiger partial charge in [-0.3, -0.25) is 0 Å². The molecule has 98 valence electrons. The first-order valence-corrected chi connectivity index (χ1v) is 6.57. The largest absolute Gasteiger partial charge is 0.335 e. The fourth-order valence-electron chi connectivity index (χ4n) is 2.43. The topological polar surface area (TPSA) is 38.8 Å². The molecule has 2 heterocycles. The highest BCUT2D eigenvalue weighted by Gasteiger charge is 2.23. The SMILES string of the molecule is CN1CCC(NC(=O)N2CCN(C)CC2)CC1. The number of likely N-dealkylation sites (tertiary alicyclic amines) is 1. The maximum absolute atomic E-state index is 12.0. The van der Waals surface area contributed by atoms with Crippen molar-refractivity contribution in [2.45, 2.75) is 18.9 Å². The lowest BCUT2D eigenvalue weighted by Crippen LogP contribution is -2.53. The van der Waals surface area contributed by atoms with Crippen LogP contribution >= 0.6 is 0 Å². The molecule has 0 bridgehead atoms. The van der Waals surface area contributed by atoms with Gasteiger partial charge in [-0.2, -0.15) is 0 Å². The number of hydrogen-bond acceptors (Lipinski definition) is 3. The Kier molecular flexibility index (Phi) is 4.23. The molecule has 2 amide bonds. The van der Waals surface area contributed by atoms with Gasteiger partial charge in [0.25, 0.3) is 0 Å². The summed E-state index contributed by atoms with van der Waals surface area (Å²) in [5.41, 5.74) is 0. The first kappa shape index (κ1) is 12.6. The molecule has 2 aliphatic rings. The summed E-state index contributed by atoms with van der Waals surface area (Å²) in [6.07, 6.45) is 2.16. The molecule has 0 unspecified atom stereocenters. The second-order valence-electron chi connectivity index (χ2n) is 5.32. The summed E-state index contributed by atoms with van der Waals surface area (Å²) in [6.45, 7) is 5.87. The van der Waals surface area contributed by atoms with Crippen LogP contribution in [-0.2, 0) is 0 Å². The van der Waals surface area contributed by atoms with Crippen molar-refractivity contribution in [1.29, 1.82) is 0 Å². The maximum Gasteiger partial charge on any atom is 0.317 e. The Labute approximate surface area is 104 Å². The van der Waals surface area contributed by atoms with Crippen molar-refractivity contribution in [3.8, 4) is 0 Å². The Morgan fingerprint density at radius 3 is 2.06 bits per heavy atom. The van der Waals surface area contributed by atoms with Gasteiger partial charge in [0.2, 0.25) is 0 Å². The van der Waals surface area contributed by atoms with Crippen molar-refractivity contribution in [3.05, 3.63) is 0 Å². The molecule has 0 aliphatic carbocycles. The summed E-state index contributed by atoms with van der Waals surface area (Å²) < 4.78 is 0. The van der Waals surface area contributed by atoms with Crippen LogP contribution < -0.4 is 5.32 Å². The highest BCUT2D eigenvalue weighted by molar-refractivity contribution is 5.74. The number of nitrogens with zero attached hydrogens (tertiary/aromatic N) is 3. The van der Waals surface area contributed by atoms with E-state index in [0.29, 0.717) is 6.04 Å². The minimum absolute atomic E-state index is 0.132. The monoisotopic (exact) mass is 240 g/mol. The number of piperidine rings is 1. The van der Waals surface area contributed by atoms with E-state index in [1.807, 2.05) is 4.90 Å². The van der Waals surface area contributed by atoms with Crippen molar-refractivity contribution in [3.63, 3.8) is 0 Å². The van der Waals surface area contributed by atoms with Crippen molar-refractivity contribution >= 4 is 6.03 Å². The number of likely N-dealkylation sites (N-methyl/N-ethyl adjacent to an activating group) is 1. The Morgan fingerprint density at radius 1 is 0.941 bits per heavy atom. The van der Waals surface area contributed by atoms with Crippen molar-refractivity contribution < 1.29 is 4.79 Å². The number of carbonyl (C=O) groups is 1. The summed E-state index contributed by atoms with van der Waals surface area (Å²) in [6, 6.07) is 0.506. The maximum atomic E-state index is 12.0. The van der Waals surface area contributed by atoms with Gasteiger partial charge < -0.3 is 20.0 Å². The van der Waals surface area contributed by atoms with Crippen LogP contribution in [0, 0.1) is 0 Å². The second kappa shape index (κ2) is 5.69. The minimum Gasteiger partial charge on any atom is -0.335 e. The zero-order valence-corrected chi connectivity index (χ0v) is 11.0. The average molecular weight is 240 g/mol. The Bertz CT molecular complexity index is 255. The molecule has 0 atom stereocenters. The van der Waals surface area contributed by atoms with Crippen LogP contribution in [0.2, 0.25) is 0 Å². The molecule has 2 rings (SSSR count). The van der Waals surface area contributed by atoms with E-state index >= 15 is 0 Å². The van der Waals surface area contributed by atoms with Crippen LogP contribution in [0.15, 0.2) is 0 Å². The second-order valence-corrected chi connectivity index (χ2v) is 5.32. The zero-order chi connectivity index (χ0) is 12.3. The summed E-state index contributed by atoms with van der Waals surface area (Å²) in [7, 11) is 4.24. The number of hydrogen-bond donors (Lipinski definition) is 1. The zero-order valence-electron chi connectivity index (χ0n) is 11.0. The molecule has 0 aromatic carbocycles. The van der Waals surface area contributed by atoms with Crippen LogP contribution in [-0.4, -0.2) is 80.1 Å². The van der Waals surface area contributed by atoms with Gasteiger partial charge in [0.15, 0.2) is 0 Å². The van der Waals surface area contributed by atoms with E-state index in [1.165, 1.54) is 0 Å². The van der Waals surface area contributed by atoms with Gasteiger partial charge in [0, 0.05) is 32.2 Å². The molecule has 5 heteroatoms. The lowest BCUT2D eigenvalue weighted by Gasteiger charge is -2.35. The fourth-order valence-corrected chi connectivity index (χ4v) is 2.43. The molecule has 0 aromatic heterocycles. The first-order valence-electron chi connectivity index (χ1n) is 6.57. The van der Waals surface area contributed by atoms with Crippen LogP contribution in [0.3, 0.4) is 0 Å². The van der Waals surface area contributed by atoms with Crippen LogP contribution in [0.25, 0.3) is 0 Å². The standard InChI is InChI=1S/C12H24N4O/c1-14-5-3-11(4-6-14)13-12(17)16-9-7-15(2)8-10-16/h11H,3-10H2,1-2H3,(H,13,17). The van der Waals surface area contributed by atoms with Gasteiger partial charge in [-0.25, -0.2) is 4.79 Å². The quantitative estimate of drug-likeness (QED) is 0.703. The van der Waals surface area contributed by atoms with Gasteiger partial charge >= 0.3 is 6.03 Å². The highest BCUT2D eigenvalue weighted by Crippen LogP contribution is 2.09. The summed E-state index contributed by atoms with van der Waals surface area (Å²) in [5, 5.41) is 3.17. The molecule has 0 radical (unpaired) electrons. The highest BCUT2D eigenvalue weighted by atomic mass is 16.2. The minimum atomic E-state index is 0.132. The number of nitrogens with one attached hydrogen (secondary N) is 1. The van der Waals surface area contributed by atoms with Gasteiger partial charge in [0.05, 0.1) is 0 Å². The summed E-state index contributed by atoms with van der Waals surface area (Å²) in [5.74, 6) is 0. The molecule has 0 saturated carbocycles. The lowest BCUT2D eigenvalue weighted by molar-refractivity contribution is 0.146. The molecule has 0 aromatic rings. The van der Waals surface area contributed by atoms with E-state index in [2.05, 4.69) is 29.2 Å². The first-order chi connectivity index (χ1) is 8.15. The van der Waals surface area contributed by atoms with Crippen LogP contribution in [0.5, 0.6) is 0 Å². The molecule has 2 aliphatic heterocycles. The van der Waals surface area contributed by atoms with E-state index in [0.717, 1.165) is 52.1 Å². The number of carbonyl (C=O) groups excluding carboxylic acids is 1. The number of urea groups is 1. The summed E-state index contributed by atoms with van der Waals surface area (Å²) >= 11 is 0. The molecule has 17 heavy (non-hydrogen) atoms.